The van der Waals surface area contributed by atoms with E-state index in [1.807, 2.05) is 0 Å². The molecule has 3 nitrogen and oxygen atoms in total. The SMILES string of the molecule is COC(=O)CCN[C@@H](Cc1ccccc1)C(F)(F)F. The van der Waals surface area contributed by atoms with Gasteiger partial charge in [0.1, 0.15) is 6.04 Å². The second kappa shape index (κ2) is 7.13. The van der Waals surface area contributed by atoms with Gasteiger partial charge in [-0.1, -0.05) is 30.3 Å². The van der Waals surface area contributed by atoms with Crippen LogP contribution in [0.15, 0.2) is 30.3 Å². The van der Waals surface area contributed by atoms with E-state index in [1.165, 1.54) is 7.11 Å². The molecule has 0 aliphatic rings. The summed E-state index contributed by atoms with van der Waals surface area (Å²) in [5.41, 5.74) is 0.593. The van der Waals surface area contributed by atoms with E-state index >= 15 is 0 Å². The first-order valence-electron chi connectivity index (χ1n) is 5.84. The molecule has 0 aromatic heterocycles. The van der Waals surface area contributed by atoms with E-state index in [-0.39, 0.29) is 19.4 Å². The van der Waals surface area contributed by atoms with Crippen molar-refractivity contribution in [1.29, 1.82) is 0 Å². The third-order valence-electron chi connectivity index (χ3n) is 2.63. The molecule has 0 aliphatic heterocycles. The number of esters is 1. The molecule has 0 unspecified atom stereocenters. The maximum absolute atomic E-state index is 12.8. The summed E-state index contributed by atoms with van der Waals surface area (Å²) in [5, 5.41) is 2.35. The fourth-order valence-corrected chi connectivity index (χ4v) is 1.60. The second-order valence-corrected chi connectivity index (χ2v) is 4.06. The lowest BCUT2D eigenvalue weighted by Crippen LogP contribution is -2.44. The van der Waals surface area contributed by atoms with Crippen LogP contribution in [0.2, 0.25) is 0 Å². The maximum atomic E-state index is 12.8. The first kappa shape index (κ1) is 15.5. The van der Waals surface area contributed by atoms with Gasteiger partial charge in [-0.3, -0.25) is 4.79 Å². The van der Waals surface area contributed by atoms with Crippen LogP contribution in [0.5, 0.6) is 0 Å². The van der Waals surface area contributed by atoms with Crippen molar-refractivity contribution in [2.45, 2.75) is 25.1 Å². The first-order chi connectivity index (χ1) is 8.93. The average molecular weight is 275 g/mol. The van der Waals surface area contributed by atoms with Crippen LogP contribution in [-0.4, -0.2) is 31.8 Å². The number of rotatable bonds is 6. The molecule has 19 heavy (non-hydrogen) atoms. The highest BCUT2D eigenvalue weighted by Gasteiger charge is 2.39. The van der Waals surface area contributed by atoms with Gasteiger partial charge >= 0.3 is 12.1 Å². The molecule has 0 radical (unpaired) electrons. The minimum Gasteiger partial charge on any atom is -0.469 e. The van der Waals surface area contributed by atoms with Crippen LogP contribution in [-0.2, 0) is 16.0 Å². The van der Waals surface area contributed by atoms with Crippen molar-refractivity contribution in [1.82, 2.24) is 5.32 Å². The summed E-state index contributed by atoms with van der Waals surface area (Å²) in [5.74, 6) is -0.534. The van der Waals surface area contributed by atoms with E-state index in [1.54, 1.807) is 30.3 Å². The molecular formula is C13H16F3NO2. The van der Waals surface area contributed by atoms with Crippen molar-refractivity contribution in [2.75, 3.05) is 13.7 Å². The lowest BCUT2D eigenvalue weighted by molar-refractivity contribution is -0.156. The topological polar surface area (TPSA) is 38.3 Å². The Morgan fingerprint density at radius 1 is 1.32 bits per heavy atom. The molecule has 0 aliphatic carbocycles. The molecule has 0 bridgehead atoms. The van der Waals surface area contributed by atoms with Gasteiger partial charge < -0.3 is 10.1 Å². The molecule has 1 aromatic rings. The largest absolute Gasteiger partial charge is 0.469 e. The van der Waals surface area contributed by atoms with Crippen LogP contribution in [0.4, 0.5) is 13.2 Å². The molecule has 0 saturated heterocycles. The van der Waals surface area contributed by atoms with Gasteiger partial charge in [-0.25, -0.2) is 0 Å². The Morgan fingerprint density at radius 3 is 2.47 bits per heavy atom. The zero-order valence-corrected chi connectivity index (χ0v) is 10.5. The molecule has 0 amide bonds. The van der Waals surface area contributed by atoms with Crippen LogP contribution in [0, 0.1) is 0 Å². The normalized spacial score (nSPS) is 13.1. The summed E-state index contributed by atoms with van der Waals surface area (Å²) in [4.78, 5) is 10.9. The molecule has 1 atom stereocenters. The number of ether oxygens (including phenoxy) is 1. The number of carbonyl (C=O) groups excluding carboxylic acids is 1. The Morgan fingerprint density at radius 2 is 1.95 bits per heavy atom. The summed E-state index contributed by atoms with van der Waals surface area (Å²) in [7, 11) is 1.20. The zero-order valence-electron chi connectivity index (χ0n) is 10.5. The zero-order chi connectivity index (χ0) is 14.3. The molecule has 0 fully saturated rings. The number of hydrogen-bond donors (Lipinski definition) is 1. The van der Waals surface area contributed by atoms with Crippen LogP contribution >= 0.6 is 0 Å². The predicted molar refractivity (Wildman–Crippen MR) is 64.6 cm³/mol. The minimum atomic E-state index is -4.36. The molecule has 0 spiro atoms. The summed E-state index contributed by atoms with van der Waals surface area (Å²) >= 11 is 0. The van der Waals surface area contributed by atoms with E-state index in [0.29, 0.717) is 5.56 Å². The number of nitrogens with one attached hydrogen (secondary N) is 1. The monoisotopic (exact) mass is 275 g/mol. The van der Waals surface area contributed by atoms with Gasteiger partial charge in [-0.2, -0.15) is 13.2 Å². The number of hydrogen-bond acceptors (Lipinski definition) is 3. The van der Waals surface area contributed by atoms with E-state index in [0.717, 1.165) is 0 Å². The molecule has 6 heteroatoms. The summed E-state index contributed by atoms with van der Waals surface area (Å²) in [6.07, 6.45) is -4.60. The summed E-state index contributed by atoms with van der Waals surface area (Å²) in [6, 6.07) is 6.74. The highest BCUT2D eigenvalue weighted by Crippen LogP contribution is 2.23. The summed E-state index contributed by atoms with van der Waals surface area (Å²) < 4.78 is 42.9. The predicted octanol–water partition coefficient (Wildman–Crippen LogP) is 2.31. The minimum absolute atomic E-state index is 0.0658. The highest BCUT2D eigenvalue weighted by molar-refractivity contribution is 5.69. The van der Waals surface area contributed by atoms with Gasteiger partial charge in [-0.05, 0) is 12.0 Å². The van der Waals surface area contributed by atoms with Gasteiger partial charge in [0, 0.05) is 6.54 Å². The molecule has 1 aromatic carbocycles. The summed E-state index contributed by atoms with van der Waals surface area (Å²) in [6.45, 7) is -0.0658. The Balaban J connectivity index is 2.56. The van der Waals surface area contributed by atoms with E-state index in [2.05, 4.69) is 10.1 Å². The van der Waals surface area contributed by atoms with Gasteiger partial charge in [0.25, 0.3) is 0 Å². The number of methoxy groups -OCH3 is 1. The van der Waals surface area contributed by atoms with Gasteiger partial charge in [0.15, 0.2) is 0 Å². The highest BCUT2D eigenvalue weighted by atomic mass is 19.4. The second-order valence-electron chi connectivity index (χ2n) is 4.06. The van der Waals surface area contributed by atoms with E-state index < -0.39 is 18.2 Å². The van der Waals surface area contributed by atoms with Crippen LogP contribution in [0.1, 0.15) is 12.0 Å². The van der Waals surface area contributed by atoms with Crippen LogP contribution < -0.4 is 5.32 Å². The van der Waals surface area contributed by atoms with Crippen molar-refractivity contribution < 1.29 is 22.7 Å². The van der Waals surface area contributed by atoms with Crippen molar-refractivity contribution in [2.24, 2.45) is 0 Å². The Bertz CT molecular complexity index is 393. The molecule has 0 saturated carbocycles. The third-order valence-corrected chi connectivity index (χ3v) is 2.63. The lowest BCUT2D eigenvalue weighted by Gasteiger charge is -2.21. The quantitative estimate of drug-likeness (QED) is 0.810. The molecule has 1 N–H and O–H groups in total. The number of halogens is 3. The van der Waals surface area contributed by atoms with Crippen molar-refractivity contribution in [3.63, 3.8) is 0 Å². The van der Waals surface area contributed by atoms with Gasteiger partial charge in [-0.15, -0.1) is 0 Å². The standard InChI is InChI=1S/C13H16F3NO2/c1-19-12(18)7-8-17-11(13(14,15)16)9-10-5-3-2-4-6-10/h2-6,11,17H,7-9H2,1H3/t11-/m0/s1. The fourth-order valence-electron chi connectivity index (χ4n) is 1.60. The molecule has 0 heterocycles. The Kier molecular flexibility index (Phi) is 5.82. The fraction of sp³-hybridized carbons (Fsp3) is 0.462. The molecule has 106 valence electrons. The average Bonchev–Trinajstić information content (AvgIpc) is 2.37. The Hall–Kier alpha value is -1.56. The number of benzene rings is 1. The van der Waals surface area contributed by atoms with Gasteiger partial charge in [0.2, 0.25) is 0 Å². The van der Waals surface area contributed by atoms with Crippen molar-refractivity contribution in [3.05, 3.63) is 35.9 Å². The third kappa shape index (κ3) is 5.74. The first-order valence-corrected chi connectivity index (χ1v) is 5.84. The number of carbonyl (C=O) groups is 1. The van der Waals surface area contributed by atoms with E-state index in [9.17, 15) is 18.0 Å². The van der Waals surface area contributed by atoms with E-state index in [4.69, 9.17) is 0 Å². The Labute approximate surface area is 109 Å². The van der Waals surface area contributed by atoms with Crippen LogP contribution in [0.3, 0.4) is 0 Å². The number of alkyl halides is 3. The lowest BCUT2D eigenvalue weighted by atomic mass is 10.1. The van der Waals surface area contributed by atoms with Crippen molar-refractivity contribution in [3.8, 4) is 0 Å². The van der Waals surface area contributed by atoms with Gasteiger partial charge in [0.05, 0.1) is 13.5 Å². The molecular weight excluding hydrogens is 259 g/mol. The maximum Gasteiger partial charge on any atom is 0.404 e. The van der Waals surface area contributed by atoms with Crippen LogP contribution in [0.25, 0.3) is 0 Å². The van der Waals surface area contributed by atoms with Crippen molar-refractivity contribution >= 4 is 5.97 Å². The molecule has 1 rings (SSSR count). The smallest absolute Gasteiger partial charge is 0.404 e.